The summed E-state index contributed by atoms with van der Waals surface area (Å²) in [5.41, 5.74) is 2.98. The zero-order valence-corrected chi connectivity index (χ0v) is 21.3. The standard InChI is InChI=1S/C27H24ClFN6O2/c1-17-30-26(24-25(28)32-23-13-8-20(29)16-35(23)24)33-27(31-17)34(14-18-4-9-21(36-2)10-5-18)15-19-6-11-22(37-3)12-7-19/h4-13,16H,14-15H2,1-3H3. The average molecular weight is 519 g/mol. The first-order chi connectivity index (χ1) is 17.9. The average Bonchev–Trinajstić information content (AvgIpc) is 3.23. The Bertz CT molecular complexity index is 1490. The molecule has 0 atom stereocenters. The van der Waals surface area contributed by atoms with E-state index in [1.54, 1.807) is 31.6 Å². The molecule has 0 amide bonds. The lowest BCUT2D eigenvalue weighted by Crippen LogP contribution is -2.25. The fourth-order valence-electron chi connectivity index (χ4n) is 4.01. The van der Waals surface area contributed by atoms with Crippen LogP contribution >= 0.6 is 11.6 Å². The second kappa shape index (κ2) is 10.4. The molecular formula is C27H24ClFN6O2. The van der Waals surface area contributed by atoms with E-state index in [1.807, 2.05) is 53.4 Å². The van der Waals surface area contributed by atoms with Crippen molar-refractivity contribution in [1.29, 1.82) is 0 Å². The van der Waals surface area contributed by atoms with Crippen LogP contribution in [0.25, 0.3) is 17.2 Å². The second-order valence-corrected chi connectivity index (χ2v) is 8.74. The molecule has 2 aromatic carbocycles. The Kier molecular flexibility index (Phi) is 6.87. The fraction of sp³-hybridized carbons (Fsp3) is 0.185. The maximum Gasteiger partial charge on any atom is 0.229 e. The number of halogens is 2. The van der Waals surface area contributed by atoms with Gasteiger partial charge in [-0.25, -0.2) is 14.4 Å². The van der Waals surface area contributed by atoms with Gasteiger partial charge in [0.15, 0.2) is 11.0 Å². The Morgan fingerprint density at radius 1 is 0.811 bits per heavy atom. The molecule has 0 unspecified atom stereocenters. The van der Waals surface area contributed by atoms with Crippen molar-refractivity contribution in [1.82, 2.24) is 24.3 Å². The number of benzene rings is 2. The molecule has 0 radical (unpaired) electrons. The molecule has 5 aromatic rings. The molecule has 8 nitrogen and oxygen atoms in total. The Morgan fingerprint density at radius 3 is 1.97 bits per heavy atom. The van der Waals surface area contributed by atoms with Crippen LogP contribution in [-0.2, 0) is 13.1 Å². The molecule has 0 aliphatic carbocycles. The number of hydrogen-bond donors (Lipinski definition) is 0. The first kappa shape index (κ1) is 24.5. The first-order valence-corrected chi connectivity index (χ1v) is 11.9. The smallest absolute Gasteiger partial charge is 0.229 e. The van der Waals surface area contributed by atoms with Crippen molar-refractivity contribution in [2.45, 2.75) is 20.0 Å². The van der Waals surface area contributed by atoms with Crippen LogP contribution in [0.3, 0.4) is 0 Å². The largest absolute Gasteiger partial charge is 0.497 e. The third-order valence-electron chi connectivity index (χ3n) is 5.83. The molecule has 10 heteroatoms. The van der Waals surface area contributed by atoms with Gasteiger partial charge in [-0.3, -0.25) is 4.40 Å². The SMILES string of the molecule is COc1ccc(CN(Cc2ccc(OC)cc2)c2nc(C)nc(-c3c(Cl)nc4ccc(F)cn34)n2)cc1. The van der Waals surface area contributed by atoms with Crippen molar-refractivity contribution >= 4 is 23.2 Å². The van der Waals surface area contributed by atoms with Crippen LogP contribution in [-0.4, -0.2) is 38.6 Å². The molecule has 37 heavy (non-hydrogen) atoms. The summed E-state index contributed by atoms with van der Waals surface area (Å²) in [5.74, 6) is 2.39. The number of nitrogens with zero attached hydrogens (tertiary/aromatic N) is 6. The second-order valence-electron chi connectivity index (χ2n) is 8.39. The van der Waals surface area contributed by atoms with E-state index in [2.05, 4.69) is 15.0 Å². The summed E-state index contributed by atoms with van der Waals surface area (Å²) in [6, 6.07) is 18.5. The van der Waals surface area contributed by atoms with Crippen molar-refractivity contribution in [3.05, 3.63) is 94.8 Å². The third kappa shape index (κ3) is 5.31. The van der Waals surface area contributed by atoms with Gasteiger partial charge in [-0.15, -0.1) is 0 Å². The lowest BCUT2D eigenvalue weighted by molar-refractivity contribution is 0.414. The molecule has 0 bridgehead atoms. The van der Waals surface area contributed by atoms with Crippen LogP contribution in [0.4, 0.5) is 10.3 Å². The molecule has 0 saturated heterocycles. The van der Waals surface area contributed by atoms with Crippen molar-refractivity contribution < 1.29 is 13.9 Å². The van der Waals surface area contributed by atoms with Gasteiger partial charge in [-0.1, -0.05) is 35.9 Å². The highest BCUT2D eigenvalue weighted by atomic mass is 35.5. The number of methoxy groups -OCH3 is 2. The zero-order chi connectivity index (χ0) is 25.9. The summed E-state index contributed by atoms with van der Waals surface area (Å²) >= 11 is 6.46. The summed E-state index contributed by atoms with van der Waals surface area (Å²) in [5, 5.41) is 0.180. The van der Waals surface area contributed by atoms with E-state index >= 15 is 0 Å². The van der Waals surface area contributed by atoms with Gasteiger partial charge in [0.1, 0.15) is 34.5 Å². The Hall–Kier alpha value is -4.24. The number of pyridine rings is 1. The lowest BCUT2D eigenvalue weighted by Gasteiger charge is -2.24. The number of ether oxygens (including phenoxy) is 2. The van der Waals surface area contributed by atoms with Gasteiger partial charge in [0.05, 0.1) is 14.2 Å². The van der Waals surface area contributed by atoms with Gasteiger partial charge < -0.3 is 14.4 Å². The van der Waals surface area contributed by atoms with Crippen LogP contribution in [0.5, 0.6) is 11.5 Å². The molecule has 0 aliphatic rings. The van der Waals surface area contributed by atoms with E-state index in [9.17, 15) is 4.39 Å². The molecule has 3 aromatic heterocycles. The summed E-state index contributed by atoms with van der Waals surface area (Å²) < 4.78 is 26.2. The number of hydrogen-bond acceptors (Lipinski definition) is 7. The third-order valence-corrected chi connectivity index (χ3v) is 6.10. The summed E-state index contributed by atoms with van der Waals surface area (Å²) in [6.07, 6.45) is 1.31. The molecule has 0 spiro atoms. The molecule has 0 fully saturated rings. The van der Waals surface area contributed by atoms with Crippen LogP contribution in [0.1, 0.15) is 17.0 Å². The van der Waals surface area contributed by atoms with Crippen LogP contribution in [0.2, 0.25) is 5.15 Å². The summed E-state index contributed by atoms with van der Waals surface area (Å²) in [7, 11) is 3.27. The van der Waals surface area contributed by atoms with Gasteiger partial charge in [-0.2, -0.15) is 9.97 Å². The van der Waals surface area contributed by atoms with Crippen molar-refractivity contribution in [3.8, 4) is 23.0 Å². The quantitative estimate of drug-likeness (QED) is 0.268. The fourth-order valence-corrected chi connectivity index (χ4v) is 4.27. The molecule has 3 heterocycles. The summed E-state index contributed by atoms with van der Waals surface area (Å²) in [6.45, 7) is 2.83. The van der Waals surface area contributed by atoms with Gasteiger partial charge >= 0.3 is 0 Å². The molecule has 0 saturated carbocycles. The van der Waals surface area contributed by atoms with Crippen LogP contribution in [0, 0.1) is 12.7 Å². The Morgan fingerprint density at radius 2 is 1.41 bits per heavy atom. The lowest BCUT2D eigenvalue weighted by atomic mass is 10.1. The van der Waals surface area contributed by atoms with Crippen molar-refractivity contribution in [2.24, 2.45) is 0 Å². The van der Waals surface area contributed by atoms with E-state index < -0.39 is 5.82 Å². The maximum absolute atomic E-state index is 14.1. The topological polar surface area (TPSA) is 77.7 Å². The molecule has 5 rings (SSSR count). The Labute approximate surface area is 218 Å². The van der Waals surface area contributed by atoms with E-state index in [4.69, 9.17) is 26.1 Å². The van der Waals surface area contributed by atoms with Crippen molar-refractivity contribution in [2.75, 3.05) is 19.1 Å². The molecule has 0 aliphatic heterocycles. The van der Waals surface area contributed by atoms with Crippen molar-refractivity contribution in [3.63, 3.8) is 0 Å². The van der Waals surface area contributed by atoms with Gasteiger partial charge in [0.25, 0.3) is 0 Å². The molecule has 0 N–H and O–H groups in total. The van der Waals surface area contributed by atoms with Gasteiger partial charge in [-0.05, 0) is 54.4 Å². The van der Waals surface area contributed by atoms with E-state index in [0.29, 0.717) is 42.0 Å². The van der Waals surface area contributed by atoms with Crippen LogP contribution in [0.15, 0.2) is 66.9 Å². The highest BCUT2D eigenvalue weighted by Crippen LogP contribution is 2.29. The number of aryl methyl sites for hydroxylation is 1. The molecular weight excluding hydrogens is 495 g/mol. The normalized spacial score (nSPS) is 11.1. The highest BCUT2D eigenvalue weighted by Gasteiger charge is 2.20. The minimum Gasteiger partial charge on any atom is -0.497 e. The monoisotopic (exact) mass is 518 g/mol. The number of aromatic nitrogens is 5. The van der Waals surface area contributed by atoms with Gasteiger partial charge in [0.2, 0.25) is 5.95 Å². The number of fused-ring (bicyclic) bond motifs is 1. The zero-order valence-electron chi connectivity index (χ0n) is 20.5. The predicted octanol–water partition coefficient (Wildman–Crippen LogP) is 5.51. The number of rotatable bonds is 8. The molecule has 188 valence electrons. The number of imidazole rings is 1. The first-order valence-electron chi connectivity index (χ1n) is 11.5. The predicted molar refractivity (Wildman–Crippen MR) is 140 cm³/mol. The van der Waals surface area contributed by atoms with Crippen LogP contribution < -0.4 is 14.4 Å². The summed E-state index contributed by atoms with van der Waals surface area (Å²) in [4.78, 5) is 20.3. The van der Waals surface area contributed by atoms with E-state index in [-0.39, 0.29) is 5.15 Å². The minimum absolute atomic E-state index is 0.180. The minimum atomic E-state index is -0.422. The van der Waals surface area contributed by atoms with E-state index in [1.165, 1.54) is 12.3 Å². The van der Waals surface area contributed by atoms with Gasteiger partial charge in [0, 0.05) is 19.3 Å². The maximum atomic E-state index is 14.1. The highest BCUT2D eigenvalue weighted by molar-refractivity contribution is 6.32. The Balaban J connectivity index is 1.57. The number of anilines is 1. The van der Waals surface area contributed by atoms with E-state index in [0.717, 1.165) is 22.6 Å².